The van der Waals surface area contributed by atoms with E-state index in [0.717, 1.165) is 22.3 Å². The fourth-order valence-electron chi connectivity index (χ4n) is 2.50. The van der Waals surface area contributed by atoms with Crippen LogP contribution >= 0.6 is 0 Å². The lowest BCUT2D eigenvalue weighted by atomic mass is 9.98. The van der Waals surface area contributed by atoms with Crippen LogP contribution in [0.15, 0.2) is 28.7 Å². The smallest absolute Gasteiger partial charge is 0.239 e. The highest BCUT2D eigenvalue weighted by Crippen LogP contribution is 2.32. The molecule has 0 aliphatic rings. The van der Waals surface area contributed by atoms with Crippen LogP contribution in [0, 0.1) is 12.8 Å². The van der Waals surface area contributed by atoms with Crippen molar-refractivity contribution in [1.29, 1.82) is 0 Å². The average Bonchev–Trinajstić information content (AvgIpc) is 2.87. The molecule has 6 nitrogen and oxygen atoms in total. The van der Waals surface area contributed by atoms with Gasteiger partial charge in [0.05, 0.1) is 19.1 Å². The third-order valence-corrected chi connectivity index (χ3v) is 3.78. The van der Waals surface area contributed by atoms with Gasteiger partial charge in [0, 0.05) is 10.9 Å². The standard InChI is InChI=1S/C17H23N3O3/c1-10(2)16(20-15(22)9-19-14(21)8-18)17-11(3)12-6-4-5-7-13(12)23-17/h4-7,10,16H,8-9,18H2,1-3H3,(H,19,21)(H,20,22). The molecule has 1 aromatic carbocycles. The fraction of sp³-hybridized carbons (Fsp3) is 0.412. The molecule has 0 spiro atoms. The lowest BCUT2D eigenvalue weighted by molar-refractivity contribution is -0.126. The van der Waals surface area contributed by atoms with E-state index in [4.69, 9.17) is 10.2 Å². The molecule has 124 valence electrons. The lowest BCUT2D eigenvalue weighted by Gasteiger charge is -2.21. The van der Waals surface area contributed by atoms with Gasteiger partial charge in [-0.1, -0.05) is 32.0 Å². The maximum absolute atomic E-state index is 12.1. The Labute approximate surface area is 135 Å². The maximum Gasteiger partial charge on any atom is 0.239 e. The number of aryl methyl sites for hydroxylation is 1. The fourth-order valence-corrected chi connectivity index (χ4v) is 2.50. The van der Waals surface area contributed by atoms with Crippen molar-refractivity contribution in [2.75, 3.05) is 13.1 Å². The zero-order chi connectivity index (χ0) is 17.0. The molecule has 1 heterocycles. The van der Waals surface area contributed by atoms with Gasteiger partial charge in [-0.05, 0) is 18.9 Å². The first-order valence-electron chi connectivity index (χ1n) is 7.68. The van der Waals surface area contributed by atoms with Crippen molar-refractivity contribution < 1.29 is 14.0 Å². The predicted molar refractivity (Wildman–Crippen MR) is 88.7 cm³/mol. The van der Waals surface area contributed by atoms with Crippen molar-refractivity contribution >= 4 is 22.8 Å². The molecule has 2 amide bonds. The molecule has 2 rings (SSSR count). The van der Waals surface area contributed by atoms with E-state index in [9.17, 15) is 9.59 Å². The van der Waals surface area contributed by atoms with Gasteiger partial charge in [0.1, 0.15) is 11.3 Å². The first-order chi connectivity index (χ1) is 10.9. The SMILES string of the molecule is Cc1c(C(NC(=O)CNC(=O)CN)C(C)C)oc2ccccc12. The lowest BCUT2D eigenvalue weighted by Crippen LogP contribution is -2.41. The minimum absolute atomic E-state index is 0.0987. The average molecular weight is 317 g/mol. The van der Waals surface area contributed by atoms with Gasteiger partial charge < -0.3 is 20.8 Å². The van der Waals surface area contributed by atoms with Gasteiger partial charge in [-0.25, -0.2) is 0 Å². The first-order valence-corrected chi connectivity index (χ1v) is 7.68. The predicted octanol–water partition coefficient (Wildman–Crippen LogP) is 1.63. The number of furan rings is 1. The molecule has 0 saturated heterocycles. The summed E-state index contributed by atoms with van der Waals surface area (Å²) in [5.74, 6) is 0.259. The number of nitrogens with two attached hydrogens (primary N) is 1. The third-order valence-electron chi connectivity index (χ3n) is 3.78. The zero-order valence-electron chi connectivity index (χ0n) is 13.7. The summed E-state index contributed by atoms with van der Waals surface area (Å²) < 4.78 is 5.95. The number of nitrogens with one attached hydrogen (secondary N) is 2. The Kier molecular flexibility index (Phi) is 5.39. The monoisotopic (exact) mass is 317 g/mol. The second-order valence-corrected chi connectivity index (χ2v) is 5.86. The highest BCUT2D eigenvalue weighted by molar-refractivity contribution is 5.86. The van der Waals surface area contributed by atoms with Crippen LogP contribution in [0.3, 0.4) is 0 Å². The summed E-state index contributed by atoms with van der Waals surface area (Å²) in [5, 5.41) is 6.43. The number of carbonyl (C=O) groups excluding carboxylic acids is 2. The minimum atomic E-state index is -0.360. The Bertz CT molecular complexity index is 706. The van der Waals surface area contributed by atoms with Crippen LogP contribution in [-0.2, 0) is 9.59 Å². The molecule has 1 aromatic heterocycles. The summed E-state index contributed by atoms with van der Waals surface area (Å²) in [6, 6.07) is 7.52. The summed E-state index contributed by atoms with van der Waals surface area (Å²) in [5.41, 5.74) is 7.02. The number of rotatable bonds is 6. The largest absolute Gasteiger partial charge is 0.459 e. The van der Waals surface area contributed by atoms with Crippen LogP contribution in [0.5, 0.6) is 0 Å². The summed E-state index contributed by atoms with van der Waals surface area (Å²) in [6.45, 7) is 5.77. The van der Waals surface area contributed by atoms with Gasteiger partial charge in [-0.15, -0.1) is 0 Å². The number of benzene rings is 1. The maximum atomic E-state index is 12.1. The van der Waals surface area contributed by atoms with Crippen LogP contribution in [0.25, 0.3) is 11.0 Å². The second-order valence-electron chi connectivity index (χ2n) is 5.86. The van der Waals surface area contributed by atoms with Gasteiger partial charge in [0.25, 0.3) is 0 Å². The van der Waals surface area contributed by atoms with Crippen molar-refractivity contribution in [3.63, 3.8) is 0 Å². The minimum Gasteiger partial charge on any atom is -0.459 e. The molecule has 2 aromatic rings. The Morgan fingerprint density at radius 2 is 1.91 bits per heavy atom. The van der Waals surface area contributed by atoms with Crippen LogP contribution < -0.4 is 16.4 Å². The number of fused-ring (bicyclic) bond motifs is 1. The van der Waals surface area contributed by atoms with E-state index >= 15 is 0 Å². The molecule has 0 fully saturated rings. The van der Waals surface area contributed by atoms with Crippen LogP contribution in [0.1, 0.15) is 31.2 Å². The highest BCUT2D eigenvalue weighted by Gasteiger charge is 2.25. The summed E-state index contributed by atoms with van der Waals surface area (Å²) in [7, 11) is 0. The van der Waals surface area contributed by atoms with E-state index in [1.165, 1.54) is 0 Å². The number of hydrogen-bond donors (Lipinski definition) is 3. The Balaban J connectivity index is 2.19. The van der Waals surface area contributed by atoms with Crippen LogP contribution in [0.4, 0.5) is 0 Å². The van der Waals surface area contributed by atoms with Gasteiger partial charge in [0.2, 0.25) is 11.8 Å². The number of amides is 2. The Morgan fingerprint density at radius 1 is 1.22 bits per heavy atom. The van der Waals surface area contributed by atoms with Gasteiger partial charge >= 0.3 is 0 Å². The van der Waals surface area contributed by atoms with E-state index < -0.39 is 0 Å². The molecule has 1 atom stereocenters. The number of carbonyl (C=O) groups is 2. The van der Waals surface area contributed by atoms with Crippen molar-refractivity contribution in [3.05, 3.63) is 35.6 Å². The van der Waals surface area contributed by atoms with Gasteiger partial charge in [-0.3, -0.25) is 9.59 Å². The Morgan fingerprint density at radius 3 is 2.52 bits per heavy atom. The molecule has 0 saturated carbocycles. The van der Waals surface area contributed by atoms with Crippen molar-refractivity contribution in [2.45, 2.75) is 26.8 Å². The summed E-state index contributed by atoms with van der Waals surface area (Å²) in [4.78, 5) is 23.2. The third kappa shape index (κ3) is 3.90. The molecule has 6 heteroatoms. The van der Waals surface area contributed by atoms with Crippen molar-refractivity contribution in [3.8, 4) is 0 Å². The molecule has 1 unspecified atom stereocenters. The molecule has 0 bridgehead atoms. The Hall–Kier alpha value is -2.34. The van der Waals surface area contributed by atoms with Crippen molar-refractivity contribution in [1.82, 2.24) is 10.6 Å². The summed E-state index contributed by atoms with van der Waals surface area (Å²) in [6.07, 6.45) is 0. The van der Waals surface area contributed by atoms with E-state index in [2.05, 4.69) is 10.6 Å². The molecule has 0 aliphatic heterocycles. The molecule has 0 radical (unpaired) electrons. The zero-order valence-corrected chi connectivity index (χ0v) is 13.7. The van der Waals surface area contributed by atoms with Crippen molar-refractivity contribution in [2.24, 2.45) is 11.7 Å². The molecule has 0 aliphatic carbocycles. The van der Waals surface area contributed by atoms with E-state index in [1.54, 1.807) is 0 Å². The van der Waals surface area contributed by atoms with Gasteiger partial charge in [0.15, 0.2) is 0 Å². The van der Waals surface area contributed by atoms with Crippen LogP contribution in [0.2, 0.25) is 0 Å². The quantitative estimate of drug-likeness (QED) is 0.754. The molecule has 4 N–H and O–H groups in total. The van der Waals surface area contributed by atoms with Crippen LogP contribution in [-0.4, -0.2) is 24.9 Å². The highest BCUT2D eigenvalue weighted by atomic mass is 16.3. The van der Waals surface area contributed by atoms with E-state index in [0.29, 0.717) is 0 Å². The topological polar surface area (TPSA) is 97.4 Å². The van der Waals surface area contributed by atoms with E-state index in [-0.39, 0.29) is 36.9 Å². The second kappa shape index (κ2) is 7.28. The van der Waals surface area contributed by atoms with Gasteiger partial charge in [-0.2, -0.15) is 0 Å². The first kappa shape index (κ1) is 17.0. The normalized spacial score (nSPS) is 12.4. The number of hydrogen-bond acceptors (Lipinski definition) is 4. The molecular weight excluding hydrogens is 294 g/mol. The molecule has 23 heavy (non-hydrogen) atoms. The van der Waals surface area contributed by atoms with E-state index in [1.807, 2.05) is 45.0 Å². The molecular formula is C17H23N3O3. The number of para-hydroxylation sites is 1. The summed E-state index contributed by atoms with van der Waals surface area (Å²) >= 11 is 0.